The highest BCUT2D eigenvalue weighted by atomic mass is 79.9. The van der Waals surface area contributed by atoms with Gasteiger partial charge in [0.25, 0.3) is 0 Å². The average Bonchev–Trinajstić information content (AvgIpc) is 2.50. The fourth-order valence-electron chi connectivity index (χ4n) is 2.77. The van der Waals surface area contributed by atoms with Crippen molar-refractivity contribution in [3.05, 3.63) is 28.2 Å². The summed E-state index contributed by atoms with van der Waals surface area (Å²) in [5.41, 5.74) is 1.90. The van der Waals surface area contributed by atoms with Crippen LogP contribution in [-0.2, 0) is 9.59 Å². The molecule has 0 aromatic heterocycles. The van der Waals surface area contributed by atoms with Crippen molar-refractivity contribution in [3.63, 3.8) is 0 Å². The molecule has 0 radical (unpaired) electrons. The molecule has 4 nitrogen and oxygen atoms in total. The first-order chi connectivity index (χ1) is 10.5. The van der Waals surface area contributed by atoms with Gasteiger partial charge >= 0.3 is 0 Å². The van der Waals surface area contributed by atoms with Crippen molar-refractivity contribution in [1.29, 1.82) is 0 Å². The molecule has 1 aromatic rings. The average molecular weight is 367 g/mol. The van der Waals surface area contributed by atoms with Gasteiger partial charge in [0.2, 0.25) is 11.8 Å². The minimum absolute atomic E-state index is 0.00581. The van der Waals surface area contributed by atoms with Crippen LogP contribution in [0.3, 0.4) is 0 Å². The van der Waals surface area contributed by atoms with Gasteiger partial charge < -0.3 is 10.2 Å². The Morgan fingerprint density at radius 1 is 1.32 bits per heavy atom. The summed E-state index contributed by atoms with van der Waals surface area (Å²) in [4.78, 5) is 26.1. The van der Waals surface area contributed by atoms with Gasteiger partial charge in [-0.2, -0.15) is 0 Å². The van der Waals surface area contributed by atoms with E-state index in [1.54, 1.807) is 0 Å². The Morgan fingerprint density at radius 2 is 2.00 bits per heavy atom. The molecule has 1 fully saturated rings. The first-order valence-electron chi connectivity index (χ1n) is 7.86. The smallest absolute Gasteiger partial charge is 0.227 e. The molecule has 1 aliphatic heterocycles. The molecule has 5 heteroatoms. The lowest BCUT2D eigenvalue weighted by Crippen LogP contribution is -2.41. The lowest BCUT2D eigenvalue weighted by Gasteiger charge is -2.31. The normalized spacial score (nSPS) is 15.7. The Bertz CT molecular complexity index is 552. The second-order valence-corrected chi connectivity index (χ2v) is 6.77. The lowest BCUT2D eigenvalue weighted by molar-refractivity contribution is -0.134. The highest BCUT2D eigenvalue weighted by molar-refractivity contribution is 9.10. The van der Waals surface area contributed by atoms with Crippen LogP contribution in [0.2, 0.25) is 0 Å². The van der Waals surface area contributed by atoms with Crippen molar-refractivity contribution in [2.75, 3.05) is 18.4 Å². The minimum Gasteiger partial charge on any atom is -0.343 e. The summed E-state index contributed by atoms with van der Waals surface area (Å²) in [6.07, 6.45) is 2.98. The molecular weight excluding hydrogens is 344 g/mol. The number of piperidine rings is 1. The maximum absolute atomic E-state index is 12.4. The van der Waals surface area contributed by atoms with E-state index >= 15 is 0 Å². The molecule has 1 aliphatic rings. The van der Waals surface area contributed by atoms with E-state index in [2.05, 4.69) is 21.2 Å². The van der Waals surface area contributed by atoms with Crippen LogP contribution in [-0.4, -0.2) is 29.8 Å². The third kappa shape index (κ3) is 4.32. The van der Waals surface area contributed by atoms with Crippen LogP contribution in [0.4, 0.5) is 5.69 Å². The number of nitrogens with zero attached hydrogens (tertiary/aromatic N) is 1. The second kappa shape index (κ2) is 7.77. The second-order valence-electron chi connectivity index (χ2n) is 5.85. The molecular formula is C17H23BrN2O2. The molecule has 1 aromatic carbocycles. The Hall–Kier alpha value is -1.36. The Labute approximate surface area is 140 Å². The van der Waals surface area contributed by atoms with E-state index in [1.807, 2.05) is 36.9 Å². The summed E-state index contributed by atoms with van der Waals surface area (Å²) >= 11 is 3.42. The van der Waals surface area contributed by atoms with Crippen molar-refractivity contribution in [2.45, 2.75) is 39.5 Å². The molecule has 120 valence electrons. The first-order valence-corrected chi connectivity index (χ1v) is 8.65. The molecule has 1 heterocycles. The van der Waals surface area contributed by atoms with Gasteiger partial charge in [0.15, 0.2) is 0 Å². The minimum atomic E-state index is -0.00581. The number of halogens is 1. The Kier molecular flexibility index (Phi) is 6.00. The zero-order chi connectivity index (χ0) is 16.1. The highest BCUT2D eigenvalue weighted by Gasteiger charge is 2.27. The summed E-state index contributed by atoms with van der Waals surface area (Å²) in [5.74, 6) is 0.270. The van der Waals surface area contributed by atoms with E-state index < -0.39 is 0 Å². The maximum atomic E-state index is 12.4. The lowest BCUT2D eigenvalue weighted by atomic mass is 9.95. The van der Waals surface area contributed by atoms with Gasteiger partial charge in [0, 0.05) is 35.6 Å². The van der Waals surface area contributed by atoms with Gasteiger partial charge in [-0.05, 0) is 49.9 Å². The van der Waals surface area contributed by atoms with Gasteiger partial charge in [-0.15, -0.1) is 0 Å². The van der Waals surface area contributed by atoms with Gasteiger partial charge in [0.05, 0.1) is 0 Å². The van der Waals surface area contributed by atoms with Gasteiger partial charge in [-0.1, -0.05) is 22.9 Å². The Morgan fingerprint density at radius 3 is 2.59 bits per heavy atom. The van der Waals surface area contributed by atoms with Crippen molar-refractivity contribution in [2.24, 2.45) is 5.92 Å². The number of aryl methyl sites for hydroxylation is 1. The fraction of sp³-hybridized carbons (Fsp3) is 0.529. The predicted molar refractivity (Wildman–Crippen MR) is 91.7 cm³/mol. The van der Waals surface area contributed by atoms with E-state index in [9.17, 15) is 9.59 Å². The maximum Gasteiger partial charge on any atom is 0.227 e. The summed E-state index contributed by atoms with van der Waals surface area (Å²) < 4.78 is 1.01. The third-order valence-electron chi connectivity index (χ3n) is 4.13. The summed E-state index contributed by atoms with van der Waals surface area (Å²) in [5, 5.41) is 3.01. The quantitative estimate of drug-likeness (QED) is 0.882. The number of likely N-dealkylation sites (tertiary alicyclic amines) is 1. The van der Waals surface area contributed by atoms with Crippen LogP contribution in [0.1, 0.15) is 38.2 Å². The molecule has 1 N–H and O–H groups in total. The van der Waals surface area contributed by atoms with Crippen molar-refractivity contribution >= 4 is 33.4 Å². The standard InChI is InChI=1S/C17H23BrN2O2/c1-3-4-16(21)20-9-7-13(8-10-20)17(22)19-15-6-5-14(18)11-12(15)2/h5-6,11,13H,3-4,7-10H2,1-2H3,(H,19,22). The van der Waals surface area contributed by atoms with E-state index in [1.165, 1.54) is 0 Å². The topological polar surface area (TPSA) is 49.4 Å². The molecule has 0 unspecified atom stereocenters. The number of hydrogen-bond acceptors (Lipinski definition) is 2. The van der Waals surface area contributed by atoms with Crippen molar-refractivity contribution in [3.8, 4) is 0 Å². The van der Waals surface area contributed by atoms with E-state index in [-0.39, 0.29) is 17.7 Å². The van der Waals surface area contributed by atoms with Crippen LogP contribution < -0.4 is 5.32 Å². The van der Waals surface area contributed by atoms with Crippen LogP contribution in [0.15, 0.2) is 22.7 Å². The molecule has 2 rings (SSSR count). The molecule has 22 heavy (non-hydrogen) atoms. The fourth-order valence-corrected chi connectivity index (χ4v) is 3.24. The third-order valence-corrected chi connectivity index (χ3v) is 4.62. The molecule has 0 bridgehead atoms. The van der Waals surface area contributed by atoms with E-state index in [4.69, 9.17) is 0 Å². The molecule has 0 saturated carbocycles. The van der Waals surface area contributed by atoms with E-state index in [0.29, 0.717) is 19.5 Å². The number of amides is 2. The van der Waals surface area contributed by atoms with Crippen LogP contribution >= 0.6 is 15.9 Å². The van der Waals surface area contributed by atoms with Crippen LogP contribution in [0, 0.1) is 12.8 Å². The molecule has 0 spiro atoms. The SMILES string of the molecule is CCCC(=O)N1CCC(C(=O)Nc2ccc(Br)cc2C)CC1. The van der Waals surface area contributed by atoms with Gasteiger partial charge in [-0.25, -0.2) is 0 Å². The number of nitrogens with one attached hydrogen (secondary N) is 1. The zero-order valence-corrected chi connectivity index (χ0v) is 14.8. The van der Waals surface area contributed by atoms with Crippen molar-refractivity contribution in [1.82, 2.24) is 4.90 Å². The molecule has 1 saturated heterocycles. The zero-order valence-electron chi connectivity index (χ0n) is 13.2. The van der Waals surface area contributed by atoms with Gasteiger partial charge in [-0.3, -0.25) is 9.59 Å². The van der Waals surface area contributed by atoms with Gasteiger partial charge in [0.1, 0.15) is 0 Å². The van der Waals surface area contributed by atoms with Crippen molar-refractivity contribution < 1.29 is 9.59 Å². The summed E-state index contributed by atoms with van der Waals surface area (Å²) in [6.45, 7) is 5.37. The number of carbonyl (C=O) groups excluding carboxylic acids is 2. The van der Waals surface area contributed by atoms with Crippen LogP contribution in [0.25, 0.3) is 0 Å². The molecule has 0 atom stereocenters. The summed E-state index contributed by atoms with van der Waals surface area (Å²) in [7, 11) is 0. The predicted octanol–water partition coefficient (Wildman–Crippen LogP) is 3.73. The number of benzene rings is 1. The monoisotopic (exact) mass is 366 g/mol. The number of rotatable bonds is 4. The first kappa shape index (κ1) is 17.0. The van der Waals surface area contributed by atoms with Crippen LogP contribution in [0.5, 0.6) is 0 Å². The van der Waals surface area contributed by atoms with E-state index in [0.717, 1.165) is 35.0 Å². The highest BCUT2D eigenvalue weighted by Crippen LogP contribution is 2.23. The molecule has 2 amide bonds. The molecule has 0 aliphatic carbocycles. The summed E-state index contributed by atoms with van der Waals surface area (Å²) in [6, 6.07) is 5.83. The Balaban J connectivity index is 1.88. The number of hydrogen-bond donors (Lipinski definition) is 1. The number of anilines is 1. The largest absolute Gasteiger partial charge is 0.343 e. The number of carbonyl (C=O) groups is 2.